The molecular weight excluding hydrogens is 479 g/mol. The molecule has 0 fully saturated rings. The fourth-order valence-corrected chi connectivity index (χ4v) is 4.87. The molecule has 0 bridgehead atoms. The highest BCUT2D eigenvalue weighted by Gasteiger charge is 2.33. The summed E-state index contributed by atoms with van der Waals surface area (Å²) in [6, 6.07) is 28.6. The molecule has 5 nitrogen and oxygen atoms in total. The molecule has 1 heterocycles. The summed E-state index contributed by atoms with van der Waals surface area (Å²) in [5, 5.41) is 2.75. The lowest BCUT2D eigenvalue weighted by Crippen LogP contribution is -2.40. The van der Waals surface area contributed by atoms with Crippen molar-refractivity contribution < 1.29 is 18.7 Å². The molecule has 1 aliphatic heterocycles. The van der Waals surface area contributed by atoms with Crippen LogP contribution in [0.1, 0.15) is 45.6 Å². The Morgan fingerprint density at radius 3 is 2.45 bits per heavy atom. The third-order valence-electron chi connectivity index (χ3n) is 6.78. The SMILES string of the molecule is Cc1cccc([C@H]2c3cc(O[C@H](C)C(=O)Nc4ccc(F)cc4)ccc3CCN2C(=O)c2ccccc2)c1. The molecule has 0 aliphatic carbocycles. The number of nitrogens with zero attached hydrogens (tertiary/aromatic N) is 1. The molecular formula is C32H29FN2O3. The predicted octanol–water partition coefficient (Wildman–Crippen LogP) is 6.33. The standard InChI is InChI=1S/C32H29FN2O3/c1-21-7-6-10-25(19-21)30-29-20-28(38-22(2)31(36)34-27-14-12-26(33)13-15-27)16-11-23(29)17-18-35(30)32(37)24-8-4-3-5-9-24/h3-16,19-20,22,30H,17-18H2,1-2H3,(H,34,36)/t22-,30+/m1/s1. The number of halogens is 1. The minimum atomic E-state index is -0.791. The van der Waals surface area contributed by atoms with Gasteiger partial charge in [0.05, 0.1) is 6.04 Å². The lowest BCUT2D eigenvalue weighted by atomic mass is 9.87. The van der Waals surface area contributed by atoms with E-state index in [0.717, 1.165) is 28.7 Å². The van der Waals surface area contributed by atoms with Crippen molar-refractivity contribution in [2.45, 2.75) is 32.4 Å². The molecule has 1 N–H and O–H groups in total. The number of ether oxygens (including phenoxy) is 1. The zero-order valence-electron chi connectivity index (χ0n) is 21.4. The van der Waals surface area contributed by atoms with E-state index in [9.17, 15) is 14.0 Å². The van der Waals surface area contributed by atoms with Crippen molar-refractivity contribution in [2.75, 3.05) is 11.9 Å². The average Bonchev–Trinajstić information content (AvgIpc) is 2.93. The van der Waals surface area contributed by atoms with Gasteiger partial charge in [-0.1, -0.05) is 54.1 Å². The molecule has 5 rings (SSSR count). The van der Waals surface area contributed by atoms with Gasteiger partial charge in [-0.3, -0.25) is 9.59 Å². The average molecular weight is 509 g/mol. The van der Waals surface area contributed by atoms with Crippen LogP contribution in [0.5, 0.6) is 5.75 Å². The zero-order chi connectivity index (χ0) is 26.6. The van der Waals surface area contributed by atoms with Crippen molar-refractivity contribution in [1.29, 1.82) is 0 Å². The summed E-state index contributed by atoms with van der Waals surface area (Å²) in [7, 11) is 0. The first-order valence-electron chi connectivity index (χ1n) is 12.7. The van der Waals surface area contributed by atoms with Crippen molar-refractivity contribution in [3.8, 4) is 5.75 Å². The van der Waals surface area contributed by atoms with Gasteiger partial charge in [-0.15, -0.1) is 0 Å². The third kappa shape index (κ3) is 5.44. The number of fused-ring (bicyclic) bond motifs is 1. The molecule has 38 heavy (non-hydrogen) atoms. The number of nitrogens with one attached hydrogen (secondary N) is 1. The van der Waals surface area contributed by atoms with Crippen LogP contribution in [-0.4, -0.2) is 29.4 Å². The summed E-state index contributed by atoms with van der Waals surface area (Å²) >= 11 is 0. The molecule has 0 spiro atoms. The highest BCUT2D eigenvalue weighted by molar-refractivity contribution is 5.95. The van der Waals surface area contributed by atoms with E-state index in [1.54, 1.807) is 6.92 Å². The van der Waals surface area contributed by atoms with Gasteiger partial charge in [0.15, 0.2) is 6.10 Å². The minimum Gasteiger partial charge on any atom is -0.481 e. The Bertz CT molecular complexity index is 1450. The molecule has 2 amide bonds. The van der Waals surface area contributed by atoms with Crippen LogP contribution < -0.4 is 10.1 Å². The summed E-state index contributed by atoms with van der Waals surface area (Å²) in [6.07, 6.45) is -0.0712. The second-order valence-corrected chi connectivity index (χ2v) is 9.55. The van der Waals surface area contributed by atoms with Crippen molar-refractivity contribution in [3.63, 3.8) is 0 Å². The van der Waals surface area contributed by atoms with Crippen LogP contribution in [0, 0.1) is 12.7 Å². The third-order valence-corrected chi connectivity index (χ3v) is 6.78. The smallest absolute Gasteiger partial charge is 0.265 e. The normalized spacial score (nSPS) is 15.3. The Morgan fingerprint density at radius 1 is 0.947 bits per heavy atom. The van der Waals surface area contributed by atoms with Gasteiger partial charge in [0, 0.05) is 17.8 Å². The fourth-order valence-electron chi connectivity index (χ4n) is 4.87. The first-order valence-corrected chi connectivity index (χ1v) is 12.7. The summed E-state index contributed by atoms with van der Waals surface area (Å²) < 4.78 is 19.2. The van der Waals surface area contributed by atoms with Crippen LogP contribution >= 0.6 is 0 Å². The Labute approximate surface area is 221 Å². The van der Waals surface area contributed by atoms with Gasteiger partial charge < -0.3 is 15.0 Å². The van der Waals surface area contributed by atoms with E-state index in [4.69, 9.17) is 4.74 Å². The van der Waals surface area contributed by atoms with Crippen LogP contribution in [0.15, 0.2) is 97.1 Å². The first-order chi connectivity index (χ1) is 18.4. The largest absolute Gasteiger partial charge is 0.481 e. The van der Waals surface area contributed by atoms with Crippen molar-refractivity contribution >= 4 is 17.5 Å². The van der Waals surface area contributed by atoms with E-state index in [1.165, 1.54) is 24.3 Å². The maximum Gasteiger partial charge on any atom is 0.265 e. The van der Waals surface area contributed by atoms with Crippen LogP contribution in [0.4, 0.5) is 10.1 Å². The van der Waals surface area contributed by atoms with Crippen molar-refractivity contribution in [2.24, 2.45) is 0 Å². The predicted molar refractivity (Wildman–Crippen MR) is 146 cm³/mol. The quantitative estimate of drug-likeness (QED) is 0.331. The van der Waals surface area contributed by atoms with Crippen LogP contribution in [0.2, 0.25) is 0 Å². The van der Waals surface area contributed by atoms with E-state index in [2.05, 4.69) is 11.4 Å². The maximum atomic E-state index is 13.6. The number of anilines is 1. The molecule has 0 saturated carbocycles. The molecule has 192 valence electrons. The Balaban J connectivity index is 1.44. The van der Waals surface area contributed by atoms with Crippen molar-refractivity contribution in [3.05, 3.63) is 131 Å². The second-order valence-electron chi connectivity index (χ2n) is 9.55. The zero-order valence-corrected chi connectivity index (χ0v) is 21.4. The topological polar surface area (TPSA) is 58.6 Å². The molecule has 0 radical (unpaired) electrons. The molecule has 0 unspecified atom stereocenters. The van der Waals surface area contributed by atoms with Gasteiger partial charge in [0.25, 0.3) is 11.8 Å². The fraction of sp³-hybridized carbons (Fsp3) is 0.188. The molecule has 0 aromatic heterocycles. The van der Waals surface area contributed by atoms with Crippen LogP contribution in [0.3, 0.4) is 0 Å². The molecule has 0 saturated heterocycles. The number of hydrogen-bond acceptors (Lipinski definition) is 3. The van der Waals surface area contributed by atoms with Gasteiger partial charge in [-0.05, 0) is 85.5 Å². The number of hydrogen-bond donors (Lipinski definition) is 1. The highest BCUT2D eigenvalue weighted by atomic mass is 19.1. The second kappa shape index (κ2) is 10.9. The Morgan fingerprint density at radius 2 is 1.71 bits per heavy atom. The van der Waals surface area contributed by atoms with E-state index < -0.39 is 6.10 Å². The highest BCUT2D eigenvalue weighted by Crippen LogP contribution is 2.38. The van der Waals surface area contributed by atoms with Gasteiger partial charge in [0.2, 0.25) is 0 Å². The lowest BCUT2D eigenvalue weighted by Gasteiger charge is -2.38. The number of aryl methyl sites for hydroxylation is 1. The Hall–Kier alpha value is -4.45. The van der Waals surface area contributed by atoms with Gasteiger partial charge >= 0.3 is 0 Å². The van der Waals surface area contributed by atoms with E-state index >= 15 is 0 Å². The van der Waals surface area contributed by atoms with E-state index in [-0.39, 0.29) is 23.7 Å². The lowest BCUT2D eigenvalue weighted by molar-refractivity contribution is -0.122. The van der Waals surface area contributed by atoms with Gasteiger partial charge in [-0.2, -0.15) is 0 Å². The number of carbonyl (C=O) groups is 2. The van der Waals surface area contributed by atoms with Crippen LogP contribution in [0.25, 0.3) is 0 Å². The number of benzene rings is 4. The Kier molecular flexibility index (Phi) is 7.22. The van der Waals surface area contributed by atoms with Crippen LogP contribution in [-0.2, 0) is 11.2 Å². The molecule has 2 atom stereocenters. The van der Waals surface area contributed by atoms with Crippen molar-refractivity contribution in [1.82, 2.24) is 4.90 Å². The molecule has 4 aromatic rings. The van der Waals surface area contributed by atoms with Gasteiger partial charge in [0.1, 0.15) is 11.6 Å². The first kappa shape index (κ1) is 25.2. The summed E-state index contributed by atoms with van der Waals surface area (Å²) in [6.45, 7) is 4.30. The van der Waals surface area contributed by atoms with E-state index in [0.29, 0.717) is 23.5 Å². The number of amides is 2. The number of rotatable bonds is 6. The molecule has 1 aliphatic rings. The van der Waals surface area contributed by atoms with E-state index in [1.807, 2.05) is 78.6 Å². The molecule has 4 aromatic carbocycles. The summed E-state index contributed by atoms with van der Waals surface area (Å²) in [5.74, 6) is -0.201. The molecule has 6 heteroatoms. The van der Waals surface area contributed by atoms with Gasteiger partial charge in [-0.25, -0.2) is 4.39 Å². The maximum absolute atomic E-state index is 13.6. The summed E-state index contributed by atoms with van der Waals surface area (Å²) in [5.41, 5.74) is 5.40. The summed E-state index contributed by atoms with van der Waals surface area (Å²) in [4.78, 5) is 28.3. The monoisotopic (exact) mass is 508 g/mol. The minimum absolute atomic E-state index is 0.0267. The number of carbonyl (C=O) groups excluding carboxylic acids is 2.